The van der Waals surface area contributed by atoms with E-state index >= 15 is 0 Å². The third kappa shape index (κ3) is 67.5. The molecule has 1 unspecified atom stereocenters. The van der Waals surface area contributed by atoms with Crippen LogP contribution in [0.1, 0.15) is 367 Å². The highest BCUT2D eigenvalue weighted by molar-refractivity contribution is 5.71. The molecule has 0 rings (SSSR count). The van der Waals surface area contributed by atoms with E-state index in [-0.39, 0.29) is 31.1 Å². The average Bonchev–Trinajstić information content (AvgIpc) is 3.47. The molecule has 0 aliphatic rings. The monoisotopic (exact) mass is 1130 g/mol. The Balaban J connectivity index is 4.22. The molecule has 0 fully saturated rings. The van der Waals surface area contributed by atoms with Crippen LogP contribution < -0.4 is 0 Å². The van der Waals surface area contributed by atoms with E-state index in [1.54, 1.807) is 0 Å². The number of hydrogen-bond acceptors (Lipinski definition) is 6. The van der Waals surface area contributed by atoms with Crippen LogP contribution in [0.15, 0.2) is 72.9 Å². The zero-order valence-electron chi connectivity index (χ0n) is 54.1. The molecule has 470 valence electrons. The van der Waals surface area contributed by atoms with E-state index in [4.69, 9.17) is 14.2 Å². The van der Waals surface area contributed by atoms with E-state index in [1.807, 2.05) is 0 Å². The van der Waals surface area contributed by atoms with Crippen molar-refractivity contribution in [1.29, 1.82) is 0 Å². The fourth-order valence-electron chi connectivity index (χ4n) is 10.4. The van der Waals surface area contributed by atoms with Crippen LogP contribution in [0, 0.1) is 0 Å². The van der Waals surface area contributed by atoms with Gasteiger partial charge in [-0.1, -0.05) is 331 Å². The summed E-state index contributed by atoms with van der Waals surface area (Å²) in [5, 5.41) is 0. The molecule has 0 radical (unpaired) electrons. The highest BCUT2D eigenvalue weighted by Crippen LogP contribution is 2.18. The lowest BCUT2D eigenvalue weighted by atomic mass is 10.0. The molecule has 0 amide bonds. The van der Waals surface area contributed by atoms with Crippen LogP contribution >= 0.6 is 0 Å². The van der Waals surface area contributed by atoms with Crippen molar-refractivity contribution in [2.45, 2.75) is 374 Å². The van der Waals surface area contributed by atoms with Crippen LogP contribution in [0.3, 0.4) is 0 Å². The molecule has 0 N–H and O–H groups in total. The molecular weight excluding hydrogens is 997 g/mol. The topological polar surface area (TPSA) is 78.9 Å². The second-order valence-corrected chi connectivity index (χ2v) is 23.8. The lowest BCUT2D eigenvalue weighted by Crippen LogP contribution is -2.30. The number of carbonyl (C=O) groups is 3. The number of carbonyl (C=O) groups excluding carboxylic acids is 3. The van der Waals surface area contributed by atoms with Crippen molar-refractivity contribution in [1.82, 2.24) is 0 Å². The van der Waals surface area contributed by atoms with Crippen molar-refractivity contribution in [2.75, 3.05) is 13.2 Å². The Kier molecular flexibility index (Phi) is 66.6. The normalized spacial score (nSPS) is 12.5. The molecule has 0 aromatic rings. The van der Waals surface area contributed by atoms with Crippen molar-refractivity contribution >= 4 is 17.9 Å². The predicted octanol–water partition coefficient (Wildman–Crippen LogP) is 24.4. The Morgan fingerprint density at radius 1 is 0.259 bits per heavy atom. The first-order valence-electron chi connectivity index (χ1n) is 35.4. The zero-order chi connectivity index (χ0) is 58.5. The van der Waals surface area contributed by atoms with Gasteiger partial charge < -0.3 is 14.2 Å². The van der Waals surface area contributed by atoms with Gasteiger partial charge in [-0.05, 0) is 89.9 Å². The highest BCUT2D eigenvalue weighted by Gasteiger charge is 2.19. The summed E-state index contributed by atoms with van der Waals surface area (Å²) in [5.41, 5.74) is 0. The number of esters is 3. The highest BCUT2D eigenvalue weighted by atomic mass is 16.6. The average molecular weight is 1130 g/mol. The van der Waals surface area contributed by atoms with Crippen molar-refractivity contribution in [3.05, 3.63) is 72.9 Å². The molecule has 0 aromatic carbocycles. The van der Waals surface area contributed by atoms with Crippen molar-refractivity contribution in [2.24, 2.45) is 0 Å². The van der Waals surface area contributed by atoms with E-state index in [0.717, 1.165) is 89.9 Å². The van der Waals surface area contributed by atoms with Gasteiger partial charge in [-0.2, -0.15) is 0 Å². The fraction of sp³-hybridized carbons (Fsp3) is 0.800. The van der Waals surface area contributed by atoms with Crippen LogP contribution in [0.2, 0.25) is 0 Å². The maximum absolute atomic E-state index is 12.9. The number of ether oxygens (including phenoxy) is 3. The summed E-state index contributed by atoms with van der Waals surface area (Å²) in [6, 6.07) is 0. The van der Waals surface area contributed by atoms with Gasteiger partial charge >= 0.3 is 17.9 Å². The SMILES string of the molecule is CC/C=C\C/C=C\C/C=C\C/C=C\C/C=C\CCCCCCCCCCCCCCCCCC(=O)OCC(COC(=O)CCCCCCCCCCCCCCCCC)OC(=O)CCCCCCCCC/C=C\CCCCCCCC. The Morgan fingerprint density at radius 3 is 0.765 bits per heavy atom. The van der Waals surface area contributed by atoms with Crippen molar-refractivity contribution < 1.29 is 28.6 Å². The molecule has 0 saturated heterocycles. The predicted molar refractivity (Wildman–Crippen MR) is 353 cm³/mol. The minimum absolute atomic E-state index is 0.0711. The molecule has 0 aliphatic carbocycles. The maximum atomic E-state index is 12.9. The van der Waals surface area contributed by atoms with Gasteiger partial charge in [0.1, 0.15) is 13.2 Å². The van der Waals surface area contributed by atoms with E-state index in [1.165, 1.54) is 238 Å². The van der Waals surface area contributed by atoms with Crippen LogP contribution in [0.5, 0.6) is 0 Å². The molecule has 0 heterocycles. The van der Waals surface area contributed by atoms with Gasteiger partial charge in [0.15, 0.2) is 6.10 Å². The van der Waals surface area contributed by atoms with Gasteiger partial charge in [-0.15, -0.1) is 0 Å². The molecule has 6 nitrogen and oxygen atoms in total. The lowest BCUT2D eigenvalue weighted by molar-refractivity contribution is -0.167. The second-order valence-electron chi connectivity index (χ2n) is 23.8. The molecule has 0 aliphatic heterocycles. The number of hydrogen-bond donors (Lipinski definition) is 0. The van der Waals surface area contributed by atoms with Crippen molar-refractivity contribution in [3.63, 3.8) is 0 Å². The van der Waals surface area contributed by atoms with E-state index in [0.29, 0.717) is 19.3 Å². The molecule has 6 heteroatoms. The summed E-state index contributed by atoms with van der Waals surface area (Å²) in [6.07, 6.45) is 90.7. The zero-order valence-corrected chi connectivity index (χ0v) is 54.1. The summed E-state index contributed by atoms with van der Waals surface area (Å²) < 4.78 is 17.0. The number of unbranched alkanes of at least 4 members (excludes halogenated alkanes) is 42. The molecule has 1 atom stereocenters. The van der Waals surface area contributed by atoms with Gasteiger partial charge in [-0.3, -0.25) is 14.4 Å². The Hall–Kier alpha value is -3.15. The summed E-state index contributed by atoms with van der Waals surface area (Å²) in [6.45, 7) is 6.58. The summed E-state index contributed by atoms with van der Waals surface area (Å²) in [5.74, 6) is -0.852. The fourth-order valence-corrected chi connectivity index (χ4v) is 10.4. The third-order valence-corrected chi connectivity index (χ3v) is 15.7. The first-order valence-corrected chi connectivity index (χ1v) is 35.4. The summed E-state index contributed by atoms with van der Waals surface area (Å²) in [4.78, 5) is 38.4. The van der Waals surface area contributed by atoms with Gasteiger partial charge in [0, 0.05) is 19.3 Å². The summed E-state index contributed by atoms with van der Waals surface area (Å²) in [7, 11) is 0. The van der Waals surface area contributed by atoms with Gasteiger partial charge in [0.05, 0.1) is 0 Å². The standard InChI is InChI=1S/C75H134O6/c1-4-7-10-13-16-19-22-25-28-30-31-32-33-34-35-36-37-38-39-40-41-42-43-45-47-50-53-56-59-62-65-68-74(77)80-71-72(70-79-73(76)67-64-61-58-55-52-49-46-27-24-21-18-15-12-9-6-3)81-75(78)69-66-63-60-57-54-51-48-44-29-26-23-20-17-14-11-8-5-2/h7,10,16,19,25-26,28-29,31-32,34-35,72H,4-6,8-9,11-15,17-18,20-24,27,30,33,36-71H2,1-3H3/b10-7-,19-16-,28-25-,29-26-,32-31-,35-34-. The lowest BCUT2D eigenvalue weighted by Gasteiger charge is -2.18. The molecule has 0 bridgehead atoms. The number of rotatable bonds is 65. The number of allylic oxidation sites excluding steroid dienone is 12. The Bertz CT molecular complexity index is 1490. The molecule has 0 spiro atoms. The molecular formula is C75H134O6. The van der Waals surface area contributed by atoms with Crippen LogP contribution in [-0.4, -0.2) is 37.2 Å². The minimum Gasteiger partial charge on any atom is -0.462 e. The molecule has 81 heavy (non-hydrogen) atoms. The van der Waals surface area contributed by atoms with Crippen LogP contribution in [0.25, 0.3) is 0 Å². The van der Waals surface area contributed by atoms with E-state index in [9.17, 15) is 14.4 Å². The van der Waals surface area contributed by atoms with Crippen LogP contribution in [-0.2, 0) is 28.6 Å². The maximum Gasteiger partial charge on any atom is 0.306 e. The van der Waals surface area contributed by atoms with E-state index < -0.39 is 6.10 Å². The minimum atomic E-state index is -0.775. The quantitative estimate of drug-likeness (QED) is 0.0261. The third-order valence-electron chi connectivity index (χ3n) is 15.7. The molecule has 0 saturated carbocycles. The van der Waals surface area contributed by atoms with Gasteiger partial charge in [-0.25, -0.2) is 0 Å². The smallest absolute Gasteiger partial charge is 0.306 e. The summed E-state index contributed by atoms with van der Waals surface area (Å²) >= 11 is 0. The van der Waals surface area contributed by atoms with Gasteiger partial charge in [0.25, 0.3) is 0 Å². The largest absolute Gasteiger partial charge is 0.462 e. The Morgan fingerprint density at radius 2 is 0.481 bits per heavy atom. The Labute approximate surface area is 503 Å². The van der Waals surface area contributed by atoms with Crippen molar-refractivity contribution in [3.8, 4) is 0 Å². The van der Waals surface area contributed by atoms with Gasteiger partial charge in [0.2, 0.25) is 0 Å². The first kappa shape index (κ1) is 77.9. The molecule has 0 aromatic heterocycles. The van der Waals surface area contributed by atoms with E-state index in [2.05, 4.69) is 93.7 Å². The van der Waals surface area contributed by atoms with Crippen LogP contribution in [0.4, 0.5) is 0 Å². The second kappa shape index (κ2) is 69.3. The first-order chi connectivity index (χ1) is 40.0.